The number of benzene rings is 1. The SMILES string of the molecule is Cc1cc2c(c(C)c1C)Cc1ccncc1-2. The summed E-state index contributed by atoms with van der Waals surface area (Å²) in [6, 6.07) is 4.45. The van der Waals surface area contributed by atoms with Crippen LogP contribution >= 0.6 is 0 Å². The fourth-order valence-electron chi connectivity index (χ4n) is 2.61. The maximum absolute atomic E-state index is 4.24. The van der Waals surface area contributed by atoms with Crippen molar-refractivity contribution in [1.29, 1.82) is 0 Å². The molecule has 0 spiro atoms. The predicted molar refractivity (Wildman–Crippen MR) is 66.7 cm³/mol. The van der Waals surface area contributed by atoms with Crippen LogP contribution in [0.25, 0.3) is 11.1 Å². The van der Waals surface area contributed by atoms with Gasteiger partial charge in [0.15, 0.2) is 0 Å². The van der Waals surface area contributed by atoms with E-state index in [0.29, 0.717) is 0 Å². The Hall–Kier alpha value is -1.63. The van der Waals surface area contributed by atoms with Gasteiger partial charge in [0, 0.05) is 18.0 Å². The molecular formula is C15H15N. The van der Waals surface area contributed by atoms with Crippen LogP contribution < -0.4 is 0 Å². The first-order valence-corrected chi connectivity index (χ1v) is 5.71. The normalized spacial score (nSPS) is 12.4. The van der Waals surface area contributed by atoms with Crippen molar-refractivity contribution in [3.8, 4) is 11.1 Å². The van der Waals surface area contributed by atoms with Gasteiger partial charge in [0.2, 0.25) is 0 Å². The summed E-state index contributed by atoms with van der Waals surface area (Å²) in [6.45, 7) is 6.64. The van der Waals surface area contributed by atoms with Crippen molar-refractivity contribution in [2.45, 2.75) is 27.2 Å². The molecular weight excluding hydrogens is 194 g/mol. The lowest BCUT2D eigenvalue weighted by molar-refractivity contribution is 1.16. The van der Waals surface area contributed by atoms with Crippen molar-refractivity contribution in [2.24, 2.45) is 0 Å². The molecule has 1 aliphatic rings. The quantitative estimate of drug-likeness (QED) is 0.551. The molecule has 0 unspecified atom stereocenters. The maximum atomic E-state index is 4.24. The van der Waals surface area contributed by atoms with Gasteiger partial charge in [-0.3, -0.25) is 4.98 Å². The van der Waals surface area contributed by atoms with Crippen LogP contribution in [0.5, 0.6) is 0 Å². The minimum Gasteiger partial charge on any atom is -0.264 e. The second-order valence-corrected chi connectivity index (χ2v) is 4.68. The van der Waals surface area contributed by atoms with Crippen LogP contribution in [0.1, 0.15) is 27.8 Å². The summed E-state index contributed by atoms with van der Waals surface area (Å²) in [5.74, 6) is 0. The Morgan fingerprint density at radius 2 is 1.88 bits per heavy atom. The number of fused-ring (bicyclic) bond motifs is 3. The zero-order valence-corrected chi connectivity index (χ0v) is 9.96. The van der Waals surface area contributed by atoms with Crippen molar-refractivity contribution in [2.75, 3.05) is 0 Å². The van der Waals surface area contributed by atoms with Crippen LogP contribution in [0, 0.1) is 20.8 Å². The highest BCUT2D eigenvalue weighted by Crippen LogP contribution is 2.39. The van der Waals surface area contributed by atoms with Crippen molar-refractivity contribution < 1.29 is 0 Å². The molecule has 2 aromatic rings. The first-order valence-electron chi connectivity index (χ1n) is 5.71. The molecule has 1 heteroatoms. The molecule has 1 aromatic heterocycles. The Bertz CT molecular complexity index is 582. The number of nitrogens with zero attached hydrogens (tertiary/aromatic N) is 1. The molecule has 0 aliphatic heterocycles. The number of hydrogen-bond donors (Lipinski definition) is 0. The molecule has 1 aromatic carbocycles. The third kappa shape index (κ3) is 1.15. The molecule has 0 saturated carbocycles. The molecule has 1 nitrogen and oxygen atoms in total. The molecule has 0 amide bonds. The first kappa shape index (κ1) is 9.59. The summed E-state index contributed by atoms with van der Waals surface area (Å²) in [7, 11) is 0. The molecule has 0 N–H and O–H groups in total. The van der Waals surface area contributed by atoms with Gasteiger partial charge in [-0.15, -0.1) is 0 Å². The third-order valence-corrected chi connectivity index (χ3v) is 3.86. The van der Waals surface area contributed by atoms with Crippen molar-refractivity contribution in [1.82, 2.24) is 4.98 Å². The number of aromatic nitrogens is 1. The highest BCUT2D eigenvalue weighted by Gasteiger charge is 2.21. The monoisotopic (exact) mass is 209 g/mol. The summed E-state index contributed by atoms with van der Waals surface area (Å²) < 4.78 is 0. The van der Waals surface area contributed by atoms with Crippen LogP contribution in [0.3, 0.4) is 0 Å². The maximum Gasteiger partial charge on any atom is 0.0349 e. The van der Waals surface area contributed by atoms with E-state index in [1.807, 2.05) is 12.4 Å². The Morgan fingerprint density at radius 3 is 2.69 bits per heavy atom. The first-order chi connectivity index (χ1) is 7.68. The average Bonchev–Trinajstić information content (AvgIpc) is 2.65. The Morgan fingerprint density at radius 1 is 1.06 bits per heavy atom. The van der Waals surface area contributed by atoms with Gasteiger partial charge in [0.1, 0.15) is 0 Å². The minimum atomic E-state index is 1.07. The molecule has 0 bridgehead atoms. The van der Waals surface area contributed by atoms with Gasteiger partial charge in [-0.05, 0) is 66.6 Å². The third-order valence-electron chi connectivity index (χ3n) is 3.86. The molecule has 1 aliphatic carbocycles. The Labute approximate surface area is 96.2 Å². The van der Waals surface area contributed by atoms with Crippen LogP contribution in [0.15, 0.2) is 24.5 Å². The van der Waals surface area contributed by atoms with Crippen molar-refractivity contribution in [3.63, 3.8) is 0 Å². The fraction of sp³-hybridized carbons (Fsp3) is 0.267. The van der Waals surface area contributed by atoms with Gasteiger partial charge in [-0.25, -0.2) is 0 Å². The standard InChI is InChI=1S/C15H15N/c1-9-6-14-13(11(3)10(9)2)7-12-4-5-16-8-15(12)14/h4-6,8H,7H2,1-3H3. The fourth-order valence-corrected chi connectivity index (χ4v) is 2.61. The predicted octanol–water partition coefficient (Wildman–Crippen LogP) is 3.58. The van der Waals surface area contributed by atoms with E-state index in [0.717, 1.165) is 6.42 Å². The highest BCUT2D eigenvalue weighted by atomic mass is 14.6. The van der Waals surface area contributed by atoms with Crippen LogP contribution in [0.4, 0.5) is 0 Å². The topological polar surface area (TPSA) is 12.9 Å². The van der Waals surface area contributed by atoms with E-state index in [-0.39, 0.29) is 0 Å². The van der Waals surface area contributed by atoms with Crippen LogP contribution in [-0.2, 0) is 6.42 Å². The lowest BCUT2D eigenvalue weighted by Gasteiger charge is -2.11. The van der Waals surface area contributed by atoms with Crippen LogP contribution in [0.2, 0.25) is 0 Å². The minimum absolute atomic E-state index is 1.07. The van der Waals surface area contributed by atoms with Gasteiger partial charge in [0.05, 0.1) is 0 Å². The van der Waals surface area contributed by atoms with E-state index in [1.54, 1.807) is 0 Å². The molecule has 80 valence electrons. The Balaban J connectivity index is 2.34. The van der Waals surface area contributed by atoms with Gasteiger partial charge in [0.25, 0.3) is 0 Å². The van der Waals surface area contributed by atoms with E-state index < -0.39 is 0 Å². The van der Waals surface area contributed by atoms with E-state index in [4.69, 9.17) is 0 Å². The zero-order chi connectivity index (χ0) is 11.3. The lowest BCUT2D eigenvalue weighted by Crippen LogP contribution is -1.93. The number of pyridine rings is 1. The lowest BCUT2D eigenvalue weighted by atomic mass is 9.94. The smallest absolute Gasteiger partial charge is 0.0349 e. The number of hydrogen-bond acceptors (Lipinski definition) is 1. The van der Waals surface area contributed by atoms with Gasteiger partial charge in [-0.1, -0.05) is 6.07 Å². The van der Waals surface area contributed by atoms with Crippen molar-refractivity contribution >= 4 is 0 Å². The molecule has 0 fully saturated rings. The summed E-state index contributed by atoms with van der Waals surface area (Å²) in [6.07, 6.45) is 4.95. The van der Waals surface area contributed by atoms with Crippen LogP contribution in [-0.4, -0.2) is 4.98 Å². The molecule has 3 rings (SSSR count). The van der Waals surface area contributed by atoms with Gasteiger partial charge >= 0.3 is 0 Å². The summed E-state index contributed by atoms with van der Waals surface area (Å²) >= 11 is 0. The molecule has 16 heavy (non-hydrogen) atoms. The summed E-state index contributed by atoms with van der Waals surface area (Å²) in [5, 5.41) is 0. The van der Waals surface area contributed by atoms with E-state index in [9.17, 15) is 0 Å². The zero-order valence-electron chi connectivity index (χ0n) is 9.96. The molecule has 0 atom stereocenters. The molecule has 0 saturated heterocycles. The summed E-state index contributed by atoms with van der Waals surface area (Å²) in [5.41, 5.74) is 9.88. The summed E-state index contributed by atoms with van der Waals surface area (Å²) in [4.78, 5) is 4.24. The second kappa shape index (κ2) is 3.18. The number of rotatable bonds is 0. The molecule has 1 heterocycles. The largest absolute Gasteiger partial charge is 0.264 e. The number of aryl methyl sites for hydroxylation is 1. The Kier molecular flexibility index (Phi) is 1.90. The van der Waals surface area contributed by atoms with Gasteiger partial charge in [-0.2, -0.15) is 0 Å². The molecule has 0 radical (unpaired) electrons. The van der Waals surface area contributed by atoms with E-state index in [2.05, 4.69) is 37.9 Å². The van der Waals surface area contributed by atoms with Gasteiger partial charge < -0.3 is 0 Å². The van der Waals surface area contributed by atoms with E-state index in [1.165, 1.54) is 38.9 Å². The second-order valence-electron chi connectivity index (χ2n) is 4.68. The van der Waals surface area contributed by atoms with E-state index >= 15 is 0 Å². The average molecular weight is 209 g/mol. The van der Waals surface area contributed by atoms with Crippen molar-refractivity contribution in [3.05, 3.63) is 52.3 Å². The highest BCUT2D eigenvalue weighted by molar-refractivity contribution is 5.78.